The molecule has 24 heavy (non-hydrogen) atoms. The highest BCUT2D eigenvalue weighted by atomic mass is 35.5. The molecule has 1 aromatic rings. The lowest BCUT2D eigenvalue weighted by Crippen LogP contribution is -2.38. The minimum Gasteiger partial charge on any atom is -0.381 e. The summed E-state index contributed by atoms with van der Waals surface area (Å²) in [7, 11) is 1.86. The van der Waals surface area contributed by atoms with Crippen LogP contribution in [0, 0.1) is 0 Å². The number of ether oxygens (including phenoxy) is 1. The van der Waals surface area contributed by atoms with Crippen LogP contribution in [0.3, 0.4) is 0 Å². The Morgan fingerprint density at radius 3 is 2.46 bits per heavy atom. The van der Waals surface area contributed by atoms with Crippen molar-refractivity contribution < 1.29 is 14.3 Å². The Hall–Kier alpha value is -1.63. The Bertz CT molecular complexity index is 516. The fourth-order valence-electron chi connectivity index (χ4n) is 2.46. The van der Waals surface area contributed by atoms with E-state index in [2.05, 4.69) is 16.0 Å². The van der Waals surface area contributed by atoms with Crippen molar-refractivity contribution in [3.05, 3.63) is 29.8 Å². The second kappa shape index (κ2) is 11.0. The van der Waals surface area contributed by atoms with Crippen LogP contribution >= 0.6 is 12.4 Å². The van der Waals surface area contributed by atoms with Crippen LogP contribution in [0.5, 0.6) is 0 Å². The van der Waals surface area contributed by atoms with Crippen molar-refractivity contribution >= 4 is 29.9 Å². The van der Waals surface area contributed by atoms with E-state index in [1.54, 1.807) is 24.3 Å². The molecule has 6 nitrogen and oxygen atoms in total. The van der Waals surface area contributed by atoms with Crippen LogP contribution in [0.2, 0.25) is 0 Å². The lowest BCUT2D eigenvalue weighted by molar-refractivity contribution is -0.116. The molecule has 1 aliphatic heterocycles. The maximum atomic E-state index is 12.2. The number of rotatable bonds is 7. The summed E-state index contributed by atoms with van der Waals surface area (Å²) >= 11 is 0. The fourth-order valence-corrected chi connectivity index (χ4v) is 2.46. The van der Waals surface area contributed by atoms with Gasteiger partial charge in [-0.1, -0.05) is 0 Å². The largest absolute Gasteiger partial charge is 0.381 e. The molecule has 1 aliphatic rings. The maximum absolute atomic E-state index is 12.2. The molecule has 0 saturated carbocycles. The zero-order valence-electron chi connectivity index (χ0n) is 14.0. The van der Waals surface area contributed by atoms with Gasteiger partial charge in [0.25, 0.3) is 5.91 Å². The van der Waals surface area contributed by atoms with E-state index in [4.69, 9.17) is 4.74 Å². The third-order valence-corrected chi connectivity index (χ3v) is 3.82. The number of benzene rings is 1. The second-order valence-corrected chi connectivity index (χ2v) is 5.69. The van der Waals surface area contributed by atoms with Crippen molar-refractivity contribution in [1.82, 2.24) is 10.6 Å². The minimum absolute atomic E-state index is 0. The molecule has 7 heteroatoms. The molecule has 0 radical (unpaired) electrons. The highest BCUT2D eigenvalue weighted by molar-refractivity contribution is 5.96. The van der Waals surface area contributed by atoms with Crippen LogP contribution in [0.1, 0.15) is 36.0 Å². The van der Waals surface area contributed by atoms with Crippen LogP contribution in [0.25, 0.3) is 0 Å². The number of halogens is 1. The first-order valence-electron chi connectivity index (χ1n) is 8.12. The van der Waals surface area contributed by atoms with E-state index in [-0.39, 0.29) is 30.3 Å². The normalized spacial score (nSPS) is 14.5. The van der Waals surface area contributed by atoms with Gasteiger partial charge in [-0.25, -0.2) is 0 Å². The van der Waals surface area contributed by atoms with Gasteiger partial charge >= 0.3 is 0 Å². The zero-order chi connectivity index (χ0) is 16.5. The smallest absolute Gasteiger partial charge is 0.251 e. The lowest BCUT2D eigenvalue weighted by Gasteiger charge is -2.23. The highest BCUT2D eigenvalue weighted by Gasteiger charge is 2.16. The molecule has 3 N–H and O–H groups in total. The summed E-state index contributed by atoms with van der Waals surface area (Å²) in [5, 5.41) is 8.86. The van der Waals surface area contributed by atoms with Gasteiger partial charge < -0.3 is 20.7 Å². The Labute approximate surface area is 149 Å². The fraction of sp³-hybridized carbons (Fsp3) is 0.529. The van der Waals surface area contributed by atoms with Gasteiger partial charge in [0.1, 0.15) is 0 Å². The second-order valence-electron chi connectivity index (χ2n) is 5.69. The van der Waals surface area contributed by atoms with Gasteiger partial charge in [0, 0.05) is 36.9 Å². The number of carbonyl (C=O) groups excluding carboxylic acids is 2. The van der Waals surface area contributed by atoms with Crippen LogP contribution in [-0.2, 0) is 9.53 Å². The molecular formula is C17H26ClN3O3. The summed E-state index contributed by atoms with van der Waals surface area (Å²) in [6, 6.07) is 7.17. The van der Waals surface area contributed by atoms with Crippen LogP contribution in [-0.4, -0.2) is 44.7 Å². The Balaban J connectivity index is 0.00000288. The molecule has 0 aromatic heterocycles. The van der Waals surface area contributed by atoms with E-state index in [0.717, 1.165) is 25.8 Å². The molecule has 134 valence electrons. The molecule has 0 aliphatic carbocycles. The van der Waals surface area contributed by atoms with Crippen molar-refractivity contribution in [1.29, 1.82) is 0 Å². The third-order valence-electron chi connectivity index (χ3n) is 3.82. The number of carbonyl (C=O) groups is 2. The Kier molecular flexibility index (Phi) is 9.37. The molecule has 0 bridgehead atoms. The predicted molar refractivity (Wildman–Crippen MR) is 96.8 cm³/mol. The molecule has 1 fully saturated rings. The number of amides is 2. The van der Waals surface area contributed by atoms with Gasteiger partial charge in [0.15, 0.2) is 0 Å². The van der Waals surface area contributed by atoms with Gasteiger partial charge in [0.2, 0.25) is 5.91 Å². The average molecular weight is 356 g/mol. The monoisotopic (exact) mass is 355 g/mol. The Morgan fingerprint density at radius 1 is 1.17 bits per heavy atom. The molecule has 2 amide bonds. The van der Waals surface area contributed by atoms with Crippen molar-refractivity contribution in [2.45, 2.75) is 31.7 Å². The molecule has 2 rings (SSSR count). The summed E-state index contributed by atoms with van der Waals surface area (Å²) in [5.74, 6) is -0.0940. The molecule has 1 saturated heterocycles. The number of nitrogens with one attached hydrogen (secondary N) is 3. The van der Waals surface area contributed by atoms with E-state index in [0.29, 0.717) is 30.9 Å². The Morgan fingerprint density at radius 2 is 1.83 bits per heavy atom. The van der Waals surface area contributed by atoms with E-state index in [9.17, 15) is 9.59 Å². The maximum Gasteiger partial charge on any atom is 0.251 e. The van der Waals surface area contributed by atoms with Gasteiger partial charge in [-0.2, -0.15) is 0 Å². The number of anilines is 1. The van der Waals surface area contributed by atoms with Gasteiger partial charge in [-0.15, -0.1) is 12.4 Å². The molecule has 0 spiro atoms. The molecule has 0 unspecified atom stereocenters. The first kappa shape index (κ1) is 20.4. The van der Waals surface area contributed by atoms with E-state index < -0.39 is 0 Å². The molecule has 0 atom stereocenters. The van der Waals surface area contributed by atoms with Crippen molar-refractivity contribution in [3.63, 3.8) is 0 Å². The number of hydrogen-bond donors (Lipinski definition) is 3. The van der Waals surface area contributed by atoms with Gasteiger partial charge in [-0.3, -0.25) is 9.59 Å². The molecular weight excluding hydrogens is 330 g/mol. The van der Waals surface area contributed by atoms with Crippen molar-refractivity contribution in [2.75, 3.05) is 32.1 Å². The van der Waals surface area contributed by atoms with E-state index >= 15 is 0 Å². The first-order valence-corrected chi connectivity index (χ1v) is 8.12. The molecule has 1 heterocycles. The average Bonchev–Trinajstić information content (AvgIpc) is 2.56. The summed E-state index contributed by atoms with van der Waals surface area (Å²) in [4.78, 5) is 23.9. The summed E-state index contributed by atoms with van der Waals surface area (Å²) in [6.07, 6.45) is 2.99. The quantitative estimate of drug-likeness (QED) is 0.653. The minimum atomic E-state index is -0.0798. The number of hydrogen-bond acceptors (Lipinski definition) is 4. The van der Waals surface area contributed by atoms with Crippen molar-refractivity contribution in [3.8, 4) is 0 Å². The first-order chi connectivity index (χ1) is 11.2. The predicted octanol–water partition coefficient (Wildman–Crippen LogP) is 1.96. The van der Waals surface area contributed by atoms with E-state index in [1.807, 2.05) is 7.05 Å². The summed E-state index contributed by atoms with van der Waals surface area (Å²) in [6.45, 7) is 2.21. The standard InChI is InChI=1S/C17H25N3O3.ClH/c1-18-10-2-3-16(21)19-14-6-4-13(5-7-14)17(22)20-15-8-11-23-12-9-15;/h4-7,15,18H,2-3,8-12H2,1H3,(H,19,21)(H,20,22);1H. The van der Waals surface area contributed by atoms with Crippen LogP contribution in [0.4, 0.5) is 5.69 Å². The van der Waals surface area contributed by atoms with Crippen LogP contribution in [0.15, 0.2) is 24.3 Å². The zero-order valence-corrected chi connectivity index (χ0v) is 14.8. The van der Waals surface area contributed by atoms with Gasteiger partial charge in [0.05, 0.1) is 0 Å². The lowest BCUT2D eigenvalue weighted by atomic mass is 10.1. The van der Waals surface area contributed by atoms with E-state index in [1.165, 1.54) is 0 Å². The highest BCUT2D eigenvalue weighted by Crippen LogP contribution is 2.12. The van der Waals surface area contributed by atoms with Gasteiger partial charge in [-0.05, 0) is 57.1 Å². The van der Waals surface area contributed by atoms with Crippen molar-refractivity contribution in [2.24, 2.45) is 0 Å². The third kappa shape index (κ3) is 6.86. The summed E-state index contributed by atoms with van der Waals surface area (Å²) in [5.41, 5.74) is 1.31. The summed E-state index contributed by atoms with van der Waals surface area (Å²) < 4.78 is 5.28. The SMILES string of the molecule is CNCCCC(=O)Nc1ccc(C(=O)NC2CCOCC2)cc1.Cl. The topological polar surface area (TPSA) is 79.5 Å². The molecule has 1 aromatic carbocycles. The van der Waals surface area contributed by atoms with Crippen LogP contribution < -0.4 is 16.0 Å².